The van der Waals surface area contributed by atoms with E-state index in [-0.39, 0.29) is 6.04 Å². The first kappa shape index (κ1) is 15.9. The first-order valence-electron chi connectivity index (χ1n) is 7.22. The van der Waals surface area contributed by atoms with Gasteiger partial charge in [-0.05, 0) is 31.2 Å². The van der Waals surface area contributed by atoms with Crippen molar-refractivity contribution in [1.29, 1.82) is 0 Å². The van der Waals surface area contributed by atoms with Crippen molar-refractivity contribution in [3.05, 3.63) is 46.7 Å². The minimum atomic E-state index is 0.139. The summed E-state index contributed by atoms with van der Waals surface area (Å²) < 4.78 is 7.65. The molecule has 1 heterocycles. The molecule has 0 bridgehead atoms. The van der Waals surface area contributed by atoms with Crippen molar-refractivity contribution in [1.82, 2.24) is 15.1 Å². The minimum absolute atomic E-state index is 0.139. The number of rotatable bonds is 7. The third kappa shape index (κ3) is 4.22. The topological polar surface area (TPSA) is 39.1 Å². The fraction of sp³-hybridized carbons (Fsp3) is 0.438. The molecule has 2 aromatic rings. The largest absolute Gasteiger partial charge is 0.494 e. The molecule has 1 unspecified atom stereocenters. The molecule has 0 saturated heterocycles. The molecule has 0 saturated carbocycles. The quantitative estimate of drug-likeness (QED) is 0.851. The van der Waals surface area contributed by atoms with Crippen LogP contribution in [0.15, 0.2) is 30.5 Å². The number of aromatic nitrogens is 2. The lowest BCUT2D eigenvalue weighted by molar-refractivity contribution is 0.284. The average molecular weight is 308 g/mol. The van der Waals surface area contributed by atoms with Crippen molar-refractivity contribution in [3.63, 3.8) is 0 Å². The number of aryl methyl sites for hydroxylation is 2. The van der Waals surface area contributed by atoms with Crippen LogP contribution in [0.5, 0.6) is 5.75 Å². The van der Waals surface area contributed by atoms with E-state index in [1.807, 2.05) is 29.9 Å². The van der Waals surface area contributed by atoms with Crippen LogP contribution in [-0.4, -0.2) is 22.9 Å². The van der Waals surface area contributed by atoms with E-state index in [1.165, 1.54) is 5.56 Å². The van der Waals surface area contributed by atoms with E-state index in [0.29, 0.717) is 11.6 Å². The predicted molar refractivity (Wildman–Crippen MR) is 85.9 cm³/mol. The summed E-state index contributed by atoms with van der Waals surface area (Å²) in [5.41, 5.74) is 2.21. The summed E-state index contributed by atoms with van der Waals surface area (Å²) in [7, 11) is 1.91. The Bertz CT molecular complexity index is 563. The van der Waals surface area contributed by atoms with Crippen LogP contribution < -0.4 is 10.1 Å². The fourth-order valence-corrected chi connectivity index (χ4v) is 2.69. The zero-order chi connectivity index (χ0) is 15.2. The van der Waals surface area contributed by atoms with Crippen LogP contribution in [0.1, 0.15) is 30.6 Å². The second-order valence-corrected chi connectivity index (χ2v) is 5.47. The molecular formula is C16H22ClN3O. The number of hydrogen-bond acceptors (Lipinski definition) is 3. The standard InChI is InChI=1S/C16H22ClN3O/c1-4-18-15(16-14(17)11-19-20(16)3)8-9-21-13-7-5-6-12(2)10-13/h5-7,10-11,15,18H,4,8-9H2,1-3H3. The molecule has 2 rings (SSSR count). The number of hydrogen-bond donors (Lipinski definition) is 1. The molecule has 1 aromatic carbocycles. The monoisotopic (exact) mass is 307 g/mol. The SMILES string of the molecule is CCNC(CCOc1cccc(C)c1)c1c(Cl)cnn1C. The summed E-state index contributed by atoms with van der Waals surface area (Å²) >= 11 is 6.23. The van der Waals surface area contributed by atoms with Gasteiger partial charge in [0.2, 0.25) is 0 Å². The van der Waals surface area contributed by atoms with Gasteiger partial charge >= 0.3 is 0 Å². The van der Waals surface area contributed by atoms with Crippen LogP contribution in [0, 0.1) is 6.92 Å². The molecule has 0 aliphatic carbocycles. The molecule has 4 nitrogen and oxygen atoms in total. The Morgan fingerprint density at radius 3 is 2.86 bits per heavy atom. The molecule has 0 fully saturated rings. The van der Waals surface area contributed by atoms with Crippen molar-refractivity contribution < 1.29 is 4.74 Å². The summed E-state index contributed by atoms with van der Waals surface area (Å²) in [6, 6.07) is 8.22. The Kier molecular flexibility index (Phi) is 5.65. The van der Waals surface area contributed by atoms with Gasteiger partial charge in [0, 0.05) is 13.5 Å². The predicted octanol–water partition coefficient (Wildman–Crippen LogP) is 3.50. The summed E-state index contributed by atoms with van der Waals surface area (Å²) in [6.45, 7) is 5.64. The van der Waals surface area contributed by atoms with Crippen molar-refractivity contribution in [3.8, 4) is 5.75 Å². The van der Waals surface area contributed by atoms with Gasteiger partial charge in [0.05, 0.1) is 29.6 Å². The highest BCUT2D eigenvalue weighted by atomic mass is 35.5. The highest BCUT2D eigenvalue weighted by Gasteiger charge is 2.18. The summed E-state index contributed by atoms with van der Waals surface area (Å²) in [5.74, 6) is 0.904. The van der Waals surface area contributed by atoms with Crippen molar-refractivity contribution in [2.24, 2.45) is 7.05 Å². The van der Waals surface area contributed by atoms with Gasteiger partial charge in [-0.3, -0.25) is 4.68 Å². The van der Waals surface area contributed by atoms with Crippen molar-refractivity contribution in [2.75, 3.05) is 13.2 Å². The molecule has 0 aliphatic heterocycles. The minimum Gasteiger partial charge on any atom is -0.494 e. The first-order valence-corrected chi connectivity index (χ1v) is 7.60. The Balaban J connectivity index is 1.98. The Morgan fingerprint density at radius 2 is 2.24 bits per heavy atom. The molecule has 5 heteroatoms. The van der Waals surface area contributed by atoms with Gasteiger partial charge in [-0.2, -0.15) is 5.10 Å². The van der Waals surface area contributed by atoms with E-state index in [2.05, 4.69) is 30.3 Å². The van der Waals surface area contributed by atoms with Crippen LogP contribution in [0.2, 0.25) is 5.02 Å². The molecular weight excluding hydrogens is 286 g/mol. The molecule has 114 valence electrons. The Hall–Kier alpha value is -1.52. The van der Waals surface area contributed by atoms with Gasteiger partial charge in [-0.1, -0.05) is 30.7 Å². The second kappa shape index (κ2) is 7.48. The van der Waals surface area contributed by atoms with E-state index in [0.717, 1.165) is 24.4 Å². The third-order valence-corrected chi connectivity index (χ3v) is 3.67. The average Bonchev–Trinajstić information content (AvgIpc) is 2.77. The molecule has 1 atom stereocenters. The highest BCUT2D eigenvalue weighted by molar-refractivity contribution is 6.31. The second-order valence-electron chi connectivity index (χ2n) is 5.07. The van der Waals surface area contributed by atoms with Crippen LogP contribution in [0.25, 0.3) is 0 Å². The molecule has 0 radical (unpaired) electrons. The number of halogens is 1. The summed E-state index contributed by atoms with van der Waals surface area (Å²) in [4.78, 5) is 0. The molecule has 0 spiro atoms. The smallest absolute Gasteiger partial charge is 0.119 e. The number of nitrogens with zero attached hydrogens (tertiary/aromatic N) is 2. The Labute approximate surface area is 131 Å². The van der Waals surface area contributed by atoms with Crippen molar-refractivity contribution >= 4 is 11.6 Å². The van der Waals surface area contributed by atoms with E-state index in [1.54, 1.807) is 6.20 Å². The lowest BCUT2D eigenvalue weighted by atomic mass is 10.1. The zero-order valence-corrected chi connectivity index (χ0v) is 13.5. The number of ether oxygens (including phenoxy) is 1. The van der Waals surface area contributed by atoms with E-state index in [4.69, 9.17) is 16.3 Å². The fourth-order valence-electron chi connectivity index (χ4n) is 2.39. The summed E-state index contributed by atoms with van der Waals surface area (Å²) in [6.07, 6.45) is 2.52. The van der Waals surface area contributed by atoms with Gasteiger partial charge in [-0.15, -0.1) is 0 Å². The lowest BCUT2D eigenvalue weighted by Gasteiger charge is -2.19. The van der Waals surface area contributed by atoms with Crippen LogP contribution in [0.4, 0.5) is 0 Å². The number of benzene rings is 1. The lowest BCUT2D eigenvalue weighted by Crippen LogP contribution is -2.25. The third-order valence-electron chi connectivity index (χ3n) is 3.38. The van der Waals surface area contributed by atoms with E-state index < -0.39 is 0 Å². The molecule has 0 amide bonds. The van der Waals surface area contributed by atoms with Crippen LogP contribution in [-0.2, 0) is 7.05 Å². The highest BCUT2D eigenvalue weighted by Crippen LogP contribution is 2.25. The molecule has 0 aliphatic rings. The van der Waals surface area contributed by atoms with Gasteiger partial charge in [0.25, 0.3) is 0 Å². The van der Waals surface area contributed by atoms with E-state index >= 15 is 0 Å². The van der Waals surface area contributed by atoms with Gasteiger partial charge in [0.15, 0.2) is 0 Å². The molecule has 1 N–H and O–H groups in total. The van der Waals surface area contributed by atoms with Gasteiger partial charge < -0.3 is 10.1 Å². The zero-order valence-electron chi connectivity index (χ0n) is 12.8. The maximum absolute atomic E-state index is 6.23. The summed E-state index contributed by atoms with van der Waals surface area (Å²) in [5, 5.41) is 8.33. The number of nitrogens with one attached hydrogen (secondary N) is 1. The maximum Gasteiger partial charge on any atom is 0.119 e. The molecule has 1 aromatic heterocycles. The Morgan fingerprint density at radius 1 is 1.43 bits per heavy atom. The molecule has 21 heavy (non-hydrogen) atoms. The van der Waals surface area contributed by atoms with E-state index in [9.17, 15) is 0 Å². The first-order chi connectivity index (χ1) is 10.1. The van der Waals surface area contributed by atoms with Crippen molar-refractivity contribution in [2.45, 2.75) is 26.3 Å². The van der Waals surface area contributed by atoms with Gasteiger partial charge in [0.1, 0.15) is 5.75 Å². The van der Waals surface area contributed by atoms with Gasteiger partial charge in [-0.25, -0.2) is 0 Å². The maximum atomic E-state index is 6.23. The van der Waals surface area contributed by atoms with Crippen LogP contribution >= 0.6 is 11.6 Å². The normalized spacial score (nSPS) is 12.4. The van der Waals surface area contributed by atoms with Crippen LogP contribution in [0.3, 0.4) is 0 Å².